The molecule has 0 spiro atoms. The first-order valence-corrected chi connectivity index (χ1v) is 8.39. The first-order valence-electron chi connectivity index (χ1n) is 8.39. The summed E-state index contributed by atoms with van der Waals surface area (Å²) < 4.78 is 0. The average molecular weight is 348 g/mol. The van der Waals surface area contributed by atoms with Gasteiger partial charge in [-0.2, -0.15) is 0 Å². The van der Waals surface area contributed by atoms with Crippen molar-refractivity contribution in [1.29, 1.82) is 0 Å². The Kier molecular flexibility index (Phi) is 7.15. The minimum absolute atomic E-state index is 0.0442. The van der Waals surface area contributed by atoms with E-state index in [1.54, 1.807) is 24.3 Å². The number of carbonyl (C=O) groups excluding carboxylic acids is 2. The van der Waals surface area contributed by atoms with Crippen LogP contribution in [0.2, 0.25) is 0 Å². The van der Waals surface area contributed by atoms with E-state index in [0.717, 1.165) is 5.56 Å². The van der Waals surface area contributed by atoms with Crippen LogP contribution in [-0.4, -0.2) is 40.9 Å². The van der Waals surface area contributed by atoms with Gasteiger partial charge in [-0.1, -0.05) is 46.8 Å². The van der Waals surface area contributed by atoms with Gasteiger partial charge in [0.25, 0.3) is 5.91 Å². The van der Waals surface area contributed by atoms with Gasteiger partial charge in [-0.3, -0.25) is 14.4 Å². The van der Waals surface area contributed by atoms with Gasteiger partial charge in [0.15, 0.2) is 0 Å². The highest BCUT2D eigenvalue weighted by Crippen LogP contribution is 2.14. The van der Waals surface area contributed by atoms with Crippen molar-refractivity contribution >= 4 is 17.8 Å². The van der Waals surface area contributed by atoms with E-state index in [1.807, 2.05) is 34.6 Å². The first kappa shape index (κ1) is 20.7. The number of hydrogen-bond acceptors (Lipinski definition) is 3. The third kappa shape index (κ3) is 6.95. The molecule has 0 aliphatic heterocycles. The Morgan fingerprint density at radius 3 is 2.12 bits per heavy atom. The maximum absolute atomic E-state index is 12.5. The van der Waals surface area contributed by atoms with Crippen molar-refractivity contribution in [3.05, 3.63) is 35.4 Å². The molecule has 0 atom stereocenters. The number of amides is 2. The van der Waals surface area contributed by atoms with Crippen LogP contribution in [0.1, 0.15) is 50.5 Å². The zero-order valence-electron chi connectivity index (χ0n) is 15.6. The molecule has 1 aromatic carbocycles. The van der Waals surface area contributed by atoms with E-state index in [9.17, 15) is 14.4 Å². The quantitative estimate of drug-likeness (QED) is 0.793. The summed E-state index contributed by atoms with van der Waals surface area (Å²) in [5.74, 6) is -1.20. The van der Waals surface area contributed by atoms with Crippen LogP contribution in [0.5, 0.6) is 0 Å². The second kappa shape index (κ2) is 8.65. The Morgan fingerprint density at radius 2 is 1.68 bits per heavy atom. The molecule has 0 radical (unpaired) electrons. The largest absolute Gasteiger partial charge is 0.480 e. The number of nitrogens with one attached hydrogen (secondary N) is 1. The summed E-state index contributed by atoms with van der Waals surface area (Å²) in [5.41, 5.74) is 0.861. The lowest BCUT2D eigenvalue weighted by atomic mass is 9.95. The normalized spacial score (nSPS) is 11.3. The predicted molar refractivity (Wildman–Crippen MR) is 96.1 cm³/mol. The molecule has 0 saturated carbocycles. The van der Waals surface area contributed by atoms with Crippen LogP contribution < -0.4 is 5.32 Å². The molecule has 0 aliphatic rings. The molecular formula is C19H28N2O4. The van der Waals surface area contributed by atoms with Gasteiger partial charge < -0.3 is 15.3 Å². The van der Waals surface area contributed by atoms with Gasteiger partial charge in [0.05, 0.1) is 0 Å². The Morgan fingerprint density at radius 1 is 1.12 bits per heavy atom. The number of nitrogens with zero attached hydrogens (tertiary/aromatic N) is 1. The predicted octanol–water partition coefficient (Wildman–Crippen LogP) is 2.53. The van der Waals surface area contributed by atoms with Gasteiger partial charge in [0, 0.05) is 24.1 Å². The standard InChI is InChI=1S/C19H28N2O4/c1-13(2)11-21(12-16(22)23)17(24)15-8-6-14(7-9-15)10-20-18(25)19(3,4)5/h6-9,13H,10-12H2,1-5H3,(H,20,25)(H,22,23). The fraction of sp³-hybridized carbons (Fsp3) is 0.526. The summed E-state index contributed by atoms with van der Waals surface area (Å²) in [4.78, 5) is 36.7. The number of carbonyl (C=O) groups is 3. The monoisotopic (exact) mass is 348 g/mol. The Labute approximate surface area is 149 Å². The summed E-state index contributed by atoms with van der Waals surface area (Å²) in [7, 11) is 0. The summed E-state index contributed by atoms with van der Waals surface area (Å²) in [5, 5.41) is 11.8. The SMILES string of the molecule is CC(C)CN(CC(=O)O)C(=O)c1ccc(CNC(=O)C(C)(C)C)cc1. The van der Waals surface area contributed by atoms with E-state index in [0.29, 0.717) is 18.7 Å². The minimum Gasteiger partial charge on any atom is -0.480 e. The van der Waals surface area contributed by atoms with E-state index in [-0.39, 0.29) is 24.3 Å². The van der Waals surface area contributed by atoms with Crippen LogP contribution in [0, 0.1) is 11.3 Å². The molecule has 1 aromatic rings. The molecule has 6 heteroatoms. The third-order valence-electron chi connectivity index (χ3n) is 3.53. The molecular weight excluding hydrogens is 320 g/mol. The maximum Gasteiger partial charge on any atom is 0.323 e. The third-order valence-corrected chi connectivity index (χ3v) is 3.53. The van der Waals surface area contributed by atoms with E-state index in [4.69, 9.17) is 5.11 Å². The number of carboxylic acids is 1. The highest BCUT2D eigenvalue weighted by Gasteiger charge is 2.21. The number of rotatable bonds is 7. The Balaban J connectivity index is 2.77. The summed E-state index contributed by atoms with van der Waals surface area (Å²) >= 11 is 0. The van der Waals surface area contributed by atoms with Crippen molar-refractivity contribution in [3.63, 3.8) is 0 Å². The second-order valence-electron chi connectivity index (χ2n) is 7.60. The fourth-order valence-electron chi connectivity index (χ4n) is 2.22. The molecule has 0 unspecified atom stereocenters. The fourth-order valence-corrected chi connectivity index (χ4v) is 2.22. The van der Waals surface area contributed by atoms with Crippen LogP contribution in [0.4, 0.5) is 0 Å². The number of benzene rings is 1. The van der Waals surface area contributed by atoms with Gasteiger partial charge in [-0.15, -0.1) is 0 Å². The molecule has 0 bridgehead atoms. The van der Waals surface area contributed by atoms with Crippen molar-refractivity contribution < 1.29 is 19.5 Å². The number of hydrogen-bond donors (Lipinski definition) is 2. The van der Waals surface area contributed by atoms with Crippen LogP contribution in [0.25, 0.3) is 0 Å². The molecule has 0 aromatic heterocycles. The average Bonchev–Trinajstić information content (AvgIpc) is 2.50. The van der Waals surface area contributed by atoms with Gasteiger partial charge >= 0.3 is 5.97 Å². The van der Waals surface area contributed by atoms with Crippen molar-refractivity contribution in [2.24, 2.45) is 11.3 Å². The van der Waals surface area contributed by atoms with Gasteiger partial charge in [0.2, 0.25) is 5.91 Å². The van der Waals surface area contributed by atoms with Crippen LogP contribution >= 0.6 is 0 Å². The van der Waals surface area contributed by atoms with Crippen LogP contribution in [0.3, 0.4) is 0 Å². The van der Waals surface area contributed by atoms with Crippen molar-refractivity contribution in [3.8, 4) is 0 Å². The van der Waals surface area contributed by atoms with Crippen LogP contribution in [0.15, 0.2) is 24.3 Å². The number of carboxylic acid groups (broad SMARTS) is 1. The van der Waals surface area contributed by atoms with Gasteiger partial charge in [-0.25, -0.2) is 0 Å². The summed E-state index contributed by atoms with van der Waals surface area (Å²) in [6.45, 7) is 9.85. The molecule has 25 heavy (non-hydrogen) atoms. The number of aliphatic carboxylic acids is 1. The topological polar surface area (TPSA) is 86.7 Å². The molecule has 0 heterocycles. The van der Waals surface area contributed by atoms with Crippen molar-refractivity contribution in [2.45, 2.75) is 41.2 Å². The molecule has 0 fully saturated rings. The smallest absolute Gasteiger partial charge is 0.323 e. The molecule has 0 aliphatic carbocycles. The van der Waals surface area contributed by atoms with E-state index in [1.165, 1.54) is 4.90 Å². The zero-order chi connectivity index (χ0) is 19.2. The molecule has 0 saturated heterocycles. The lowest BCUT2D eigenvalue weighted by Crippen LogP contribution is -2.38. The summed E-state index contributed by atoms with van der Waals surface area (Å²) in [6, 6.07) is 6.86. The molecule has 2 N–H and O–H groups in total. The molecule has 2 amide bonds. The lowest BCUT2D eigenvalue weighted by Gasteiger charge is -2.23. The highest BCUT2D eigenvalue weighted by atomic mass is 16.4. The molecule has 1 rings (SSSR count). The molecule has 6 nitrogen and oxygen atoms in total. The lowest BCUT2D eigenvalue weighted by molar-refractivity contribution is -0.137. The van der Waals surface area contributed by atoms with Crippen LogP contribution in [-0.2, 0) is 16.1 Å². The zero-order valence-corrected chi connectivity index (χ0v) is 15.6. The highest BCUT2D eigenvalue weighted by molar-refractivity contribution is 5.95. The second-order valence-corrected chi connectivity index (χ2v) is 7.60. The minimum atomic E-state index is -1.03. The first-order chi connectivity index (χ1) is 11.5. The Hall–Kier alpha value is -2.37. The Bertz CT molecular complexity index is 615. The van der Waals surface area contributed by atoms with E-state index >= 15 is 0 Å². The van der Waals surface area contributed by atoms with E-state index in [2.05, 4.69) is 5.32 Å². The van der Waals surface area contributed by atoms with Crippen molar-refractivity contribution in [1.82, 2.24) is 10.2 Å². The molecule has 138 valence electrons. The van der Waals surface area contributed by atoms with Gasteiger partial charge in [-0.05, 0) is 23.6 Å². The van der Waals surface area contributed by atoms with E-state index < -0.39 is 11.4 Å². The summed E-state index contributed by atoms with van der Waals surface area (Å²) in [6.07, 6.45) is 0. The van der Waals surface area contributed by atoms with Crippen molar-refractivity contribution in [2.75, 3.05) is 13.1 Å². The van der Waals surface area contributed by atoms with Gasteiger partial charge in [0.1, 0.15) is 6.54 Å². The maximum atomic E-state index is 12.5.